The number of benzene rings is 1. The van der Waals surface area contributed by atoms with E-state index >= 15 is 0 Å². The van der Waals surface area contributed by atoms with Gasteiger partial charge in [-0.1, -0.05) is 22.0 Å². The van der Waals surface area contributed by atoms with Crippen molar-refractivity contribution in [1.82, 2.24) is 0 Å². The van der Waals surface area contributed by atoms with Gasteiger partial charge in [-0.2, -0.15) is 0 Å². The maximum absolute atomic E-state index is 12.2. The fourth-order valence-electron chi connectivity index (χ4n) is 2.87. The first-order valence-electron chi connectivity index (χ1n) is 6.34. The van der Waals surface area contributed by atoms with E-state index in [9.17, 15) is 9.59 Å². The summed E-state index contributed by atoms with van der Waals surface area (Å²) in [4.78, 5) is 23.7. The van der Waals surface area contributed by atoms with Crippen LogP contribution in [0.4, 0.5) is 0 Å². The number of halogens is 1. The molecule has 0 saturated heterocycles. The molecule has 1 heterocycles. The van der Waals surface area contributed by atoms with Gasteiger partial charge in [-0.05, 0) is 30.5 Å². The van der Waals surface area contributed by atoms with Gasteiger partial charge in [-0.3, -0.25) is 4.79 Å². The van der Waals surface area contributed by atoms with Crippen molar-refractivity contribution in [2.45, 2.75) is 24.9 Å². The van der Waals surface area contributed by atoms with Gasteiger partial charge < -0.3 is 9.47 Å². The zero-order valence-corrected chi connectivity index (χ0v) is 12.5. The van der Waals surface area contributed by atoms with Crippen molar-refractivity contribution in [3.63, 3.8) is 0 Å². The molecule has 3 rings (SSSR count). The average molecular weight is 337 g/mol. The lowest BCUT2D eigenvalue weighted by atomic mass is 9.86. The van der Waals surface area contributed by atoms with Crippen molar-refractivity contribution < 1.29 is 19.1 Å². The van der Waals surface area contributed by atoms with Crippen LogP contribution in [0.3, 0.4) is 0 Å². The molecule has 0 radical (unpaired) electrons. The van der Waals surface area contributed by atoms with Gasteiger partial charge in [0.15, 0.2) is 5.78 Å². The highest BCUT2D eigenvalue weighted by Gasteiger charge is 2.46. The molecule has 1 aliphatic heterocycles. The van der Waals surface area contributed by atoms with Gasteiger partial charge in [0.05, 0.1) is 13.5 Å². The number of hydrogen-bond acceptors (Lipinski definition) is 4. The molecule has 20 heavy (non-hydrogen) atoms. The number of Topliss-reactive ketones (excluding diaryl/α,β-unsaturated/α-hetero) is 1. The molecule has 0 saturated carbocycles. The Balaban J connectivity index is 1.99. The molecule has 0 N–H and O–H groups in total. The summed E-state index contributed by atoms with van der Waals surface area (Å²) < 4.78 is 11.3. The molecule has 0 bridgehead atoms. The second-order valence-electron chi connectivity index (χ2n) is 5.04. The monoisotopic (exact) mass is 336 g/mol. The van der Waals surface area contributed by atoms with Crippen LogP contribution in [0, 0.1) is 0 Å². The molecule has 0 amide bonds. The number of methoxy groups -OCH3 is 1. The quantitative estimate of drug-likeness (QED) is 0.584. The van der Waals surface area contributed by atoms with E-state index in [1.807, 2.05) is 18.2 Å². The number of aryl methyl sites for hydroxylation is 1. The van der Waals surface area contributed by atoms with E-state index in [4.69, 9.17) is 4.74 Å². The summed E-state index contributed by atoms with van der Waals surface area (Å²) in [6, 6.07) is 6.02. The molecule has 1 aliphatic carbocycles. The molecule has 1 aromatic rings. The Morgan fingerprint density at radius 1 is 1.45 bits per heavy atom. The van der Waals surface area contributed by atoms with Crippen molar-refractivity contribution in [3.8, 4) is 0 Å². The van der Waals surface area contributed by atoms with Crippen LogP contribution >= 0.6 is 15.9 Å². The van der Waals surface area contributed by atoms with E-state index in [2.05, 4.69) is 20.7 Å². The summed E-state index contributed by atoms with van der Waals surface area (Å²) in [7, 11) is 1.25. The maximum atomic E-state index is 12.2. The lowest BCUT2D eigenvalue weighted by molar-refractivity contribution is -0.140. The Hall–Kier alpha value is -1.62. The van der Waals surface area contributed by atoms with E-state index in [1.54, 1.807) is 0 Å². The van der Waals surface area contributed by atoms with Crippen LogP contribution in [0.15, 0.2) is 34.5 Å². The van der Waals surface area contributed by atoms with Gasteiger partial charge in [0.25, 0.3) is 0 Å². The molecule has 4 nitrogen and oxygen atoms in total. The highest BCUT2D eigenvalue weighted by atomic mass is 79.9. The maximum Gasteiger partial charge on any atom is 0.344 e. The fraction of sp³-hybridized carbons (Fsp3) is 0.333. The second kappa shape index (κ2) is 4.74. The van der Waals surface area contributed by atoms with Crippen LogP contribution in [-0.2, 0) is 31.1 Å². The number of carbonyl (C=O) groups excluding carboxylic acids is 2. The molecular formula is C15H13BrO4. The first-order valence-corrected chi connectivity index (χ1v) is 7.13. The Kier molecular flexibility index (Phi) is 3.17. The molecule has 5 heteroatoms. The Labute approximate surface area is 124 Å². The lowest BCUT2D eigenvalue weighted by Gasteiger charge is -2.32. The number of esters is 1. The van der Waals surface area contributed by atoms with E-state index in [0.29, 0.717) is 0 Å². The third-order valence-corrected chi connectivity index (χ3v) is 4.41. The SMILES string of the molecule is COC(=O)C1=COC2(CCc3ccc(Br)cc32)CC1=O. The van der Waals surface area contributed by atoms with Crippen LogP contribution in [0.25, 0.3) is 0 Å². The topological polar surface area (TPSA) is 52.6 Å². The number of ether oxygens (including phenoxy) is 2. The summed E-state index contributed by atoms with van der Waals surface area (Å²) in [5.41, 5.74) is 1.58. The van der Waals surface area contributed by atoms with E-state index in [1.165, 1.54) is 18.9 Å². The molecule has 104 valence electrons. The summed E-state index contributed by atoms with van der Waals surface area (Å²) in [5.74, 6) is -0.867. The van der Waals surface area contributed by atoms with E-state index < -0.39 is 11.6 Å². The number of ketones is 1. The highest BCUT2D eigenvalue weighted by molar-refractivity contribution is 9.10. The zero-order chi connectivity index (χ0) is 14.3. The summed E-state index contributed by atoms with van der Waals surface area (Å²) in [5, 5.41) is 0. The van der Waals surface area contributed by atoms with Crippen molar-refractivity contribution in [1.29, 1.82) is 0 Å². The second-order valence-corrected chi connectivity index (χ2v) is 5.95. The molecule has 1 aromatic carbocycles. The van der Waals surface area contributed by atoms with Gasteiger partial charge in [0.2, 0.25) is 0 Å². The summed E-state index contributed by atoms with van der Waals surface area (Å²) >= 11 is 3.45. The molecule has 1 unspecified atom stereocenters. The largest absolute Gasteiger partial charge is 0.489 e. The average Bonchev–Trinajstić information content (AvgIpc) is 2.77. The Morgan fingerprint density at radius 3 is 2.95 bits per heavy atom. The normalized spacial score (nSPS) is 24.1. The van der Waals surface area contributed by atoms with Crippen LogP contribution in [0.1, 0.15) is 24.0 Å². The molecule has 0 fully saturated rings. The molecule has 0 aromatic heterocycles. The van der Waals surface area contributed by atoms with Crippen molar-refractivity contribution in [3.05, 3.63) is 45.6 Å². The van der Waals surface area contributed by atoms with E-state index in [0.717, 1.165) is 22.9 Å². The number of fused-ring (bicyclic) bond motifs is 2. The standard InChI is InChI=1S/C15H13BrO4/c1-19-14(18)11-8-20-15(7-13(11)17)5-4-9-2-3-10(16)6-12(9)15/h2-3,6,8H,4-5,7H2,1H3. The molecule has 1 atom stereocenters. The Bertz CT molecular complexity index is 635. The van der Waals surface area contributed by atoms with Gasteiger partial charge in [-0.25, -0.2) is 4.79 Å². The molecule has 1 spiro atoms. The first-order chi connectivity index (χ1) is 9.55. The Morgan fingerprint density at radius 2 is 2.25 bits per heavy atom. The van der Waals surface area contributed by atoms with Crippen molar-refractivity contribution in [2.75, 3.05) is 7.11 Å². The number of carbonyl (C=O) groups is 2. The minimum atomic E-state index is -0.641. The molecular weight excluding hydrogens is 324 g/mol. The van der Waals surface area contributed by atoms with Gasteiger partial charge in [-0.15, -0.1) is 0 Å². The summed E-state index contributed by atoms with van der Waals surface area (Å²) in [6.07, 6.45) is 3.05. The first kappa shape index (κ1) is 13.4. The van der Waals surface area contributed by atoms with Crippen LogP contribution in [0.5, 0.6) is 0 Å². The van der Waals surface area contributed by atoms with Crippen molar-refractivity contribution in [2.24, 2.45) is 0 Å². The summed E-state index contributed by atoms with van der Waals surface area (Å²) in [6.45, 7) is 0. The van der Waals surface area contributed by atoms with Gasteiger partial charge in [0.1, 0.15) is 17.4 Å². The van der Waals surface area contributed by atoms with Crippen LogP contribution < -0.4 is 0 Å². The van der Waals surface area contributed by atoms with Crippen LogP contribution in [0.2, 0.25) is 0 Å². The van der Waals surface area contributed by atoms with Crippen molar-refractivity contribution >= 4 is 27.7 Å². The van der Waals surface area contributed by atoms with Gasteiger partial charge in [0, 0.05) is 10.0 Å². The minimum absolute atomic E-state index is 0.0124. The predicted molar refractivity (Wildman–Crippen MR) is 74.9 cm³/mol. The van der Waals surface area contributed by atoms with E-state index in [-0.39, 0.29) is 17.8 Å². The predicted octanol–water partition coefficient (Wildman–Crippen LogP) is 2.64. The third-order valence-electron chi connectivity index (χ3n) is 3.92. The fourth-order valence-corrected chi connectivity index (χ4v) is 3.23. The zero-order valence-electron chi connectivity index (χ0n) is 10.9. The van der Waals surface area contributed by atoms with Crippen LogP contribution in [-0.4, -0.2) is 18.9 Å². The van der Waals surface area contributed by atoms with Gasteiger partial charge >= 0.3 is 5.97 Å². The smallest absolute Gasteiger partial charge is 0.344 e. The lowest BCUT2D eigenvalue weighted by Crippen LogP contribution is -2.34. The molecule has 2 aliphatic rings. The third kappa shape index (κ3) is 1.97. The minimum Gasteiger partial charge on any atom is -0.489 e. The highest BCUT2D eigenvalue weighted by Crippen LogP contribution is 2.46. The number of rotatable bonds is 1. The number of hydrogen-bond donors (Lipinski definition) is 0.